The lowest BCUT2D eigenvalue weighted by Crippen LogP contribution is -2.10. The third-order valence-corrected chi connectivity index (χ3v) is 3.40. The molecule has 0 bridgehead atoms. The minimum Gasteiger partial charge on any atom is -0.370 e. The summed E-state index contributed by atoms with van der Waals surface area (Å²) in [7, 11) is 1.95. The number of thioether (sulfide) groups is 1. The summed E-state index contributed by atoms with van der Waals surface area (Å²) in [6, 6.07) is 3.96. The highest BCUT2D eigenvalue weighted by atomic mass is 32.2. The Kier molecular flexibility index (Phi) is 5.23. The molecule has 20 heavy (non-hydrogen) atoms. The van der Waals surface area contributed by atoms with E-state index in [4.69, 9.17) is 0 Å². The zero-order valence-electron chi connectivity index (χ0n) is 12.1. The molecular formula is C13H20N6S. The zero-order chi connectivity index (χ0) is 14.4. The van der Waals surface area contributed by atoms with E-state index in [1.807, 2.05) is 36.3 Å². The monoisotopic (exact) mass is 292 g/mol. The van der Waals surface area contributed by atoms with Crippen molar-refractivity contribution in [3.8, 4) is 0 Å². The van der Waals surface area contributed by atoms with Crippen LogP contribution in [0.15, 0.2) is 23.5 Å². The van der Waals surface area contributed by atoms with Crippen molar-refractivity contribution in [3.05, 3.63) is 24.0 Å². The second kappa shape index (κ2) is 7.14. The normalized spacial score (nSPS) is 10.6. The average molecular weight is 292 g/mol. The smallest absolute Gasteiger partial charge is 0.191 e. The van der Waals surface area contributed by atoms with E-state index in [1.54, 1.807) is 11.8 Å². The Hall–Kier alpha value is -1.76. The van der Waals surface area contributed by atoms with Gasteiger partial charge in [-0.1, -0.05) is 11.8 Å². The minimum absolute atomic E-state index is 0.770. The number of aryl methyl sites for hydroxylation is 1. The summed E-state index contributed by atoms with van der Waals surface area (Å²) in [6.45, 7) is 3.71. The summed E-state index contributed by atoms with van der Waals surface area (Å²) >= 11 is 1.54. The van der Waals surface area contributed by atoms with Crippen molar-refractivity contribution in [2.75, 3.05) is 30.0 Å². The van der Waals surface area contributed by atoms with E-state index in [0.29, 0.717) is 0 Å². The average Bonchev–Trinajstić information content (AvgIpc) is 2.84. The van der Waals surface area contributed by atoms with Crippen LogP contribution < -0.4 is 10.6 Å². The lowest BCUT2D eigenvalue weighted by atomic mass is 10.3. The van der Waals surface area contributed by atoms with E-state index in [-0.39, 0.29) is 0 Å². The molecule has 0 unspecified atom stereocenters. The van der Waals surface area contributed by atoms with Crippen molar-refractivity contribution in [2.24, 2.45) is 7.05 Å². The molecule has 2 aromatic heterocycles. The molecule has 0 fully saturated rings. The van der Waals surface area contributed by atoms with Gasteiger partial charge in [-0.25, -0.2) is 9.97 Å². The highest BCUT2D eigenvalue weighted by Crippen LogP contribution is 2.17. The highest BCUT2D eigenvalue weighted by Gasteiger charge is 2.04. The highest BCUT2D eigenvalue weighted by molar-refractivity contribution is 7.98. The standard InChI is InChI=1S/C13H20N6S/c1-4-14-11-9-12(18-13(17-11)20-3)15-7-5-10-6-8-16-19(10)2/h6,8-9H,4-5,7H2,1-3H3,(H2,14,15,17,18). The fourth-order valence-electron chi connectivity index (χ4n) is 1.84. The molecule has 2 heterocycles. The fraction of sp³-hybridized carbons (Fsp3) is 0.462. The summed E-state index contributed by atoms with van der Waals surface area (Å²) < 4.78 is 1.89. The molecule has 2 aromatic rings. The van der Waals surface area contributed by atoms with E-state index in [2.05, 4.69) is 32.6 Å². The Morgan fingerprint density at radius 1 is 1.25 bits per heavy atom. The van der Waals surface area contributed by atoms with Gasteiger partial charge in [0.05, 0.1) is 0 Å². The molecule has 0 saturated heterocycles. The van der Waals surface area contributed by atoms with Gasteiger partial charge in [-0.15, -0.1) is 0 Å². The Balaban J connectivity index is 1.97. The molecule has 2 N–H and O–H groups in total. The van der Waals surface area contributed by atoms with E-state index in [9.17, 15) is 0 Å². The molecule has 0 aromatic carbocycles. The van der Waals surface area contributed by atoms with Crippen LogP contribution in [0.5, 0.6) is 0 Å². The maximum Gasteiger partial charge on any atom is 0.191 e. The number of anilines is 2. The quantitative estimate of drug-likeness (QED) is 0.601. The van der Waals surface area contributed by atoms with E-state index < -0.39 is 0 Å². The van der Waals surface area contributed by atoms with Gasteiger partial charge in [0.1, 0.15) is 11.6 Å². The largest absolute Gasteiger partial charge is 0.370 e. The van der Waals surface area contributed by atoms with Gasteiger partial charge in [0.25, 0.3) is 0 Å². The predicted molar refractivity (Wildman–Crippen MR) is 83.4 cm³/mol. The number of nitrogens with one attached hydrogen (secondary N) is 2. The van der Waals surface area contributed by atoms with Gasteiger partial charge in [0.2, 0.25) is 0 Å². The second-order valence-corrected chi connectivity index (χ2v) is 5.05. The molecule has 7 heteroatoms. The minimum atomic E-state index is 0.770. The first-order valence-corrected chi connectivity index (χ1v) is 7.83. The van der Waals surface area contributed by atoms with Gasteiger partial charge in [0.15, 0.2) is 5.16 Å². The van der Waals surface area contributed by atoms with Gasteiger partial charge >= 0.3 is 0 Å². The topological polar surface area (TPSA) is 67.7 Å². The molecule has 0 aliphatic heterocycles. The first-order chi connectivity index (χ1) is 9.72. The second-order valence-electron chi connectivity index (χ2n) is 4.28. The third-order valence-electron chi connectivity index (χ3n) is 2.86. The van der Waals surface area contributed by atoms with Gasteiger partial charge < -0.3 is 10.6 Å². The van der Waals surface area contributed by atoms with Crippen LogP contribution in [0, 0.1) is 0 Å². The van der Waals surface area contributed by atoms with Crippen molar-refractivity contribution in [1.82, 2.24) is 19.7 Å². The lowest BCUT2D eigenvalue weighted by Gasteiger charge is -2.09. The molecule has 2 rings (SSSR count). The van der Waals surface area contributed by atoms with Crippen LogP contribution in [0.2, 0.25) is 0 Å². The van der Waals surface area contributed by atoms with Crippen molar-refractivity contribution >= 4 is 23.4 Å². The number of nitrogens with zero attached hydrogens (tertiary/aromatic N) is 4. The van der Waals surface area contributed by atoms with E-state index in [1.165, 1.54) is 5.69 Å². The Labute approximate surface area is 123 Å². The predicted octanol–water partition coefficient (Wildman–Crippen LogP) is 2.02. The Morgan fingerprint density at radius 2 is 2.00 bits per heavy atom. The van der Waals surface area contributed by atoms with Gasteiger partial charge in [-0.2, -0.15) is 5.10 Å². The first kappa shape index (κ1) is 14.6. The summed E-state index contributed by atoms with van der Waals surface area (Å²) in [6.07, 6.45) is 4.70. The molecule has 0 amide bonds. The summed E-state index contributed by atoms with van der Waals surface area (Å²) in [4.78, 5) is 8.85. The third kappa shape index (κ3) is 3.86. The van der Waals surface area contributed by atoms with E-state index >= 15 is 0 Å². The number of hydrogen-bond donors (Lipinski definition) is 2. The molecule has 0 saturated carbocycles. The number of aromatic nitrogens is 4. The van der Waals surface area contributed by atoms with Crippen LogP contribution in [0.3, 0.4) is 0 Å². The van der Waals surface area contributed by atoms with Crippen molar-refractivity contribution < 1.29 is 0 Å². The Morgan fingerprint density at radius 3 is 2.60 bits per heavy atom. The number of hydrogen-bond acceptors (Lipinski definition) is 6. The van der Waals surface area contributed by atoms with Gasteiger partial charge in [-0.05, 0) is 19.2 Å². The zero-order valence-corrected chi connectivity index (χ0v) is 12.9. The van der Waals surface area contributed by atoms with E-state index in [0.717, 1.165) is 36.3 Å². The lowest BCUT2D eigenvalue weighted by molar-refractivity contribution is 0.710. The molecule has 0 atom stereocenters. The molecular weight excluding hydrogens is 272 g/mol. The van der Waals surface area contributed by atoms with Crippen LogP contribution in [-0.2, 0) is 13.5 Å². The maximum atomic E-state index is 4.45. The van der Waals surface area contributed by atoms with Crippen LogP contribution in [0.1, 0.15) is 12.6 Å². The van der Waals surface area contributed by atoms with Crippen LogP contribution in [-0.4, -0.2) is 39.1 Å². The van der Waals surface area contributed by atoms with Gasteiger partial charge in [0, 0.05) is 44.5 Å². The maximum absolute atomic E-state index is 4.45. The summed E-state index contributed by atoms with van der Waals surface area (Å²) in [5.74, 6) is 1.71. The van der Waals surface area contributed by atoms with Gasteiger partial charge in [-0.3, -0.25) is 4.68 Å². The molecule has 0 aliphatic carbocycles. The molecule has 0 aliphatic rings. The fourth-order valence-corrected chi connectivity index (χ4v) is 2.22. The first-order valence-electron chi connectivity index (χ1n) is 6.60. The summed E-state index contributed by atoms with van der Waals surface area (Å²) in [5, 5.41) is 11.5. The van der Waals surface area contributed by atoms with Crippen molar-refractivity contribution in [1.29, 1.82) is 0 Å². The Bertz CT molecular complexity index is 554. The van der Waals surface area contributed by atoms with Crippen molar-refractivity contribution in [2.45, 2.75) is 18.5 Å². The molecule has 6 nitrogen and oxygen atoms in total. The molecule has 0 radical (unpaired) electrons. The number of rotatable bonds is 7. The molecule has 0 spiro atoms. The molecule has 108 valence electrons. The van der Waals surface area contributed by atoms with Crippen LogP contribution >= 0.6 is 11.8 Å². The van der Waals surface area contributed by atoms with Crippen LogP contribution in [0.25, 0.3) is 0 Å². The SMILES string of the molecule is CCNc1cc(NCCc2ccnn2C)nc(SC)n1. The summed E-state index contributed by atoms with van der Waals surface area (Å²) in [5.41, 5.74) is 1.20. The van der Waals surface area contributed by atoms with Crippen LogP contribution in [0.4, 0.5) is 11.6 Å². The van der Waals surface area contributed by atoms with Crippen molar-refractivity contribution in [3.63, 3.8) is 0 Å².